The van der Waals surface area contributed by atoms with Crippen LogP contribution in [0.25, 0.3) is 0 Å². The molecule has 1 nitrogen and oxygen atoms in total. The molecule has 0 radical (unpaired) electrons. The molecule has 0 spiro atoms. The van der Waals surface area contributed by atoms with E-state index in [1.54, 1.807) is 5.57 Å². The van der Waals surface area contributed by atoms with Crippen LogP contribution >= 0.6 is 0 Å². The molecule has 2 aliphatic carbocycles. The molecule has 1 heteroatoms. The molecule has 0 amide bonds. The molecule has 0 aromatic heterocycles. The summed E-state index contributed by atoms with van der Waals surface area (Å²) >= 11 is 0. The largest absolute Gasteiger partial charge is 0.309 e. The third-order valence-electron chi connectivity index (χ3n) is 4.45. The SMILES string of the molecule is C1=C(CCNC(c2ccccc2)C2CC2)CCCC1. The summed E-state index contributed by atoms with van der Waals surface area (Å²) < 4.78 is 0. The first-order chi connectivity index (χ1) is 9.43. The third kappa shape index (κ3) is 3.70. The lowest BCUT2D eigenvalue weighted by molar-refractivity contribution is 0.480. The van der Waals surface area contributed by atoms with Crippen molar-refractivity contribution in [1.82, 2.24) is 5.32 Å². The Hall–Kier alpha value is -1.08. The van der Waals surface area contributed by atoms with Gasteiger partial charge in [-0.3, -0.25) is 0 Å². The van der Waals surface area contributed by atoms with Crippen LogP contribution < -0.4 is 5.32 Å². The fourth-order valence-electron chi connectivity index (χ4n) is 3.17. The Labute approximate surface area is 117 Å². The Morgan fingerprint density at radius 2 is 1.95 bits per heavy atom. The molecule has 1 unspecified atom stereocenters. The molecule has 2 aliphatic rings. The van der Waals surface area contributed by atoms with Gasteiger partial charge in [-0.25, -0.2) is 0 Å². The molecule has 0 heterocycles. The Balaban J connectivity index is 1.53. The summed E-state index contributed by atoms with van der Waals surface area (Å²) in [7, 11) is 0. The van der Waals surface area contributed by atoms with Gasteiger partial charge in [0.05, 0.1) is 0 Å². The number of rotatable bonds is 6. The molecule has 102 valence electrons. The fourth-order valence-corrected chi connectivity index (χ4v) is 3.17. The van der Waals surface area contributed by atoms with Gasteiger partial charge < -0.3 is 5.32 Å². The van der Waals surface area contributed by atoms with Gasteiger partial charge in [-0.1, -0.05) is 42.0 Å². The summed E-state index contributed by atoms with van der Waals surface area (Å²) in [5.41, 5.74) is 3.16. The first-order valence-corrected chi connectivity index (χ1v) is 7.90. The fraction of sp³-hybridized carbons (Fsp3) is 0.556. The molecule has 19 heavy (non-hydrogen) atoms. The first-order valence-electron chi connectivity index (χ1n) is 7.90. The minimum Gasteiger partial charge on any atom is -0.309 e. The summed E-state index contributed by atoms with van der Waals surface area (Å²) in [5, 5.41) is 3.80. The highest BCUT2D eigenvalue weighted by atomic mass is 14.9. The van der Waals surface area contributed by atoms with Crippen molar-refractivity contribution < 1.29 is 0 Å². The lowest BCUT2D eigenvalue weighted by atomic mass is 9.96. The molecule has 0 aliphatic heterocycles. The van der Waals surface area contributed by atoms with Crippen molar-refractivity contribution in [2.75, 3.05) is 6.54 Å². The molecule has 1 fully saturated rings. The van der Waals surface area contributed by atoms with Gasteiger partial charge in [-0.15, -0.1) is 0 Å². The van der Waals surface area contributed by atoms with Crippen LogP contribution in [0.4, 0.5) is 0 Å². The molecule has 0 bridgehead atoms. The molecule has 1 saturated carbocycles. The highest BCUT2D eigenvalue weighted by Gasteiger charge is 2.31. The zero-order chi connectivity index (χ0) is 12.9. The lowest BCUT2D eigenvalue weighted by Crippen LogP contribution is -2.24. The second-order valence-electron chi connectivity index (χ2n) is 6.04. The number of benzene rings is 1. The average Bonchev–Trinajstić information content (AvgIpc) is 3.30. The van der Waals surface area contributed by atoms with Gasteiger partial charge in [0.2, 0.25) is 0 Å². The van der Waals surface area contributed by atoms with Gasteiger partial charge in [0.25, 0.3) is 0 Å². The predicted molar refractivity (Wildman–Crippen MR) is 81.1 cm³/mol. The van der Waals surface area contributed by atoms with Crippen LogP contribution in [-0.4, -0.2) is 6.54 Å². The Bertz CT molecular complexity index is 417. The van der Waals surface area contributed by atoms with E-state index >= 15 is 0 Å². The van der Waals surface area contributed by atoms with E-state index < -0.39 is 0 Å². The molecule has 1 N–H and O–H groups in total. The number of nitrogens with one attached hydrogen (secondary N) is 1. The van der Waals surface area contributed by atoms with E-state index in [0.29, 0.717) is 6.04 Å². The highest BCUT2D eigenvalue weighted by molar-refractivity contribution is 5.21. The minimum atomic E-state index is 0.588. The predicted octanol–water partition coefficient (Wildman–Crippen LogP) is 4.62. The number of hydrogen-bond donors (Lipinski definition) is 1. The van der Waals surface area contributed by atoms with Gasteiger partial charge in [0.15, 0.2) is 0 Å². The second kappa shape index (κ2) is 6.38. The van der Waals surface area contributed by atoms with Crippen LogP contribution in [0.3, 0.4) is 0 Å². The quantitative estimate of drug-likeness (QED) is 0.731. The van der Waals surface area contributed by atoms with Gasteiger partial charge in [0, 0.05) is 6.04 Å². The maximum absolute atomic E-state index is 3.80. The van der Waals surface area contributed by atoms with Gasteiger partial charge in [0.1, 0.15) is 0 Å². The summed E-state index contributed by atoms with van der Waals surface area (Å²) in [5.74, 6) is 0.878. The summed E-state index contributed by atoms with van der Waals surface area (Å²) in [4.78, 5) is 0. The van der Waals surface area contributed by atoms with Crippen LogP contribution in [0, 0.1) is 5.92 Å². The molecular formula is C18H25N. The highest BCUT2D eigenvalue weighted by Crippen LogP contribution is 2.40. The van der Waals surface area contributed by atoms with Crippen molar-refractivity contribution in [2.24, 2.45) is 5.92 Å². The second-order valence-corrected chi connectivity index (χ2v) is 6.04. The van der Waals surface area contributed by atoms with Crippen molar-refractivity contribution in [3.8, 4) is 0 Å². The maximum atomic E-state index is 3.80. The number of hydrogen-bond acceptors (Lipinski definition) is 1. The Kier molecular flexibility index (Phi) is 4.34. The van der Waals surface area contributed by atoms with Crippen molar-refractivity contribution in [1.29, 1.82) is 0 Å². The Morgan fingerprint density at radius 1 is 1.11 bits per heavy atom. The smallest absolute Gasteiger partial charge is 0.0348 e. The van der Waals surface area contributed by atoms with E-state index in [-0.39, 0.29) is 0 Å². The standard InChI is InChI=1S/C18H25N/c1-3-7-15(8-4-1)13-14-19-18(17-11-12-17)16-9-5-2-6-10-16/h2,5-7,9-10,17-19H,1,3-4,8,11-14H2. The summed E-state index contributed by atoms with van der Waals surface area (Å²) in [6.45, 7) is 1.14. The maximum Gasteiger partial charge on any atom is 0.0348 e. The van der Waals surface area contributed by atoms with Crippen molar-refractivity contribution >= 4 is 0 Å². The molecule has 3 rings (SSSR count). The zero-order valence-corrected chi connectivity index (χ0v) is 11.8. The molecule has 1 aromatic rings. The summed E-state index contributed by atoms with van der Waals surface area (Å²) in [6, 6.07) is 11.6. The zero-order valence-electron chi connectivity index (χ0n) is 11.8. The van der Waals surface area contributed by atoms with E-state index in [9.17, 15) is 0 Å². The van der Waals surface area contributed by atoms with E-state index in [1.165, 1.54) is 50.5 Å². The molecular weight excluding hydrogens is 230 g/mol. The van der Waals surface area contributed by atoms with Gasteiger partial charge in [-0.2, -0.15) is 0 Å². The minimum absolute atomic E-state index is 0.588. The molecule has 1 atom stereocenters. The normalized spacial score (nSPS) is 20.9. The first kappa shape index (κ1) is 12.9. The van der Waals surface area contributed by atoms with Crippen LogP contribution in [0.1, 0.15) is 56.6 Å². The topological polar surface area (TPSA) is 12.0 Å². The van der Waals surface area contributed by atoms with Crippen LogP contribution in [0.2, 0.25) is 0 Å². The lowest BCUT2D eigenvalue weighted by Gasteiger charge is -2.20. The van der Waals surface area contributed by atoms with E-state index in [0.717, 1.165) is 12.5 Å². The molecule has 0 saturated heterocycles. The molecule has 1 aromatic carbocycles. The third-order valence-corrected chi connectivity index (χ3v) is 4.45. The van der Waals surface area contributed by atoms with Crippen LogP contribution in [-0.2, 0) is 0 Å². The van der Waals surface area contributed by atoms with E-state index in [2.05, 4.69) is 41.7 Å². The Morgan fingerprint density at radius 3 is 2.63 bits per heavy atom. The van der Waals surface area contributed by atoms with Gasteiger partial charge >= 0.3 is 0 Å². The number of allylic oxidation sites excluding steroid dienone is 1. The van der Waals surface area contributed by atoms with Crippen molar-refractivity contribution in [3.63, 3.8) is 0 Å². The van der Waals surface area contributed by atoms with Crippen molar-refractivity contribution in [3.05, 3.63) is 47.5 Å². The van der Waals surface area contributed by atoms with E-state index in [4.69, 9.17) is 0 Å². The monoisotopic (exact) mass is 255 g/mol. The van der Waals surface area contributed by atoms with Crippen LogP contribution in [0.15, 0.2) is 42.0 Å². The average molecular weight is 255 g/mol. The van der Waals surface area contributed by atoms with Gasteiger partial charge in [-0.05, 0) is 63.0 Å². The van der Waals surface area contributed by atoms with Crippen LogP contribution in [0.5, 0.6) is 0 Å². The van der Waals surface area contributed by atoms with E-state index in [1.807, 2.05) is 0 Å². The summed E-state index contributed by atoms with van der Waals surface area (Å²) in [6.07, 6.45) is 11.9. The van der Waals surface area contributed by atoms with Crippen molar-refractivity contribution in [2.45, 2.75) is 51.0 Å².